The van der Waals surface area contributed by atoms with Crippen LogP contribution in [0, 0.1) is 13.8 Å². The van der Waals surface area contributed by atoms with E-state index >= 15 is 0 Å². The first kappa shape index (κ1) is 26.6. The summed E-state index contributed by atoms with van der Waals surface area (Å²) >= 11 is 8.02. The van der Waals surface area contributed by atoms with Gasteiger partial charge in [0.25, 0.3) is 0 Å². The molecule has 1 fully saturated rings. The maximum Gasteiger partial charge on any atom is 0.243 e. The van der Waals surface area contributed by atoms with Gasteiger partial charge < -0.3 is 10.2 Å². The summed E-state index contributed by atoms with van der Waals surface area (Å²) in [5.41, 5.74) is 4.54. The Balaban J connectivity index is 1.72. The summed E-state index contributed by atoms with van der Waals surface area (Å²) in [5, 5.41) is 3.84. The van der Waals surface area contributed by atoms with Crippen molar-refractivity contribution in [2.75, 3.05) is 5.75 Å². The molecule has 1 saturated carbocycles. The number of benzene rings is 2. The van der Waals surface area contributed by atoms with Gasteiger partial charge in [-0.15, -0.1) is 11.8 Å². The van der Waals surface area contributed by atoms with Gasteiger partial charge in [0.2, 0.25) is 11.8 Å². The fourth-order valence-electron chi connectivity index (χ4n) is 4.77. The first-order chi connectivity index (χ1) is 16.4. The minimum absolute atomic E-state index is 0.0278. The Morgan fingerprint density at radius 3 is 2.41 bits per heavy atom. The van der Waals surface area contributed by atoms with Gasteiger partial charge in [0.1, 0.15) is 6.04 Å². The standard InChI is InChI=1S/C28H37ClN2O2S/c1-4-26(28(33)30-24-11-6-5-7-12-24)31(17-23-10-8-9-13-25(23)29)27(32)19-34-18-22-15-20(2)14-21(3)16-22/h8-10,13-16,24,26H,4-7,11-12,17-19H2,1-3H3,(H,30,33). The summed E-state index contributed by atoms with van der Waals surface area (Å²) in [6.45, 7) is 6.49. The second-order valence-corrected chi connectivity index (χ2v) is 10.8. The number of amides is 2. The van der Waals surface area contributed by atoms with Crippen LogP contribution in [0.4, 0.5) is 0 Å². The first-order valence-electron chi connectivity index (χ1n) is 12.4. The monoisotopic (exact) mass is 500 g/mol. The highest BCUT2D eigenvalue weighted by Gasteiger charge is 2.30. The highest BCUT2D eigenvalue weighted by Crippen LogP contribution is 2.23. The lowest BCUT2D eigenvalue weighted by Gasteiger charge is -2.33. The number of nitrogens with one attached hydrogen (secondary N) is 1. The van der Waals surface area contributed by atoms with E-state index in [0.29, 0.717) is 23.7 Å². The van der Waals surface area contributed by atoms with E-state index in [2.05, 4.69) is 37.4 Å². The number of nitrogens with zero attached hydrogens (tertiary/aromatic N) is 1. The van der Waals surface area contributed by atoms with Crippen molar-refractivity contribution in [2.45, 2.75) is 83.7 Å². The molecule has 0 aliphatic heterocycles. The molecule has 184 valence electrons. The molecule has 0 saturated heterocycles. The first-order valence-corrected chi connectivity index (χ1v) is 13.9. The topological polar surface area (TPSA) is 49.4 Å². The molecule has 2 aromatic rings. The molecular formula is C28H37ClN2O2S. The lowest BCUT2D eigenvalue weighted by molar-refractivity contribution is -0.139. The van der Waals surface area contributed by atoms with Crippen LogP contribution in [0.3, 0.4) is 0 Å². The van der Waals surface area contributed by atoms with Crippen LogP contribution in [-0.2, 0) is 21.9 Å². The van der Waals surface area contributed by atoms with Gasteiger partial charge in [-0.2, -0.15) is 0 Å². The molecule has 4 nitrogen and oxygen atoms in total. The minimum Gasteiger partial charge on any atom is -0.352 e. The van der Waals surface area contributed by atoms with Crippen LogP contribution in [0.1, 0.15) is 67.7 Å². The highest BCUT2D eigenvalue weighted by molar-refractivity contribution is 7.99. The Hall–Kier alpha value is -1.98. The third kappa shape index (κ3) is 7.78. The van der Waals surface area contributed by atoms with Crippen LogP contribution < -0.4 is 5.32 Å². The molecule has 1 N–H and O–H groups in total. The minimum atomic E-state index is -0.507. The van der Waals surface area contributed by atoms with Crippen LogP contribution in [0.2, 0.25) is 5.02 Å². The average molecular weight is 501 g/mol. The maximum atomic E-state index is 13.5. The van der Waals surface area contributed by atoms with Gasteiger partial charge in [0, 0.05) is 23.4 Å². The molecule has 34 heavy (non-hydrogen) atoms. The summed E-state index contributed by atoms with van der Waals surface area (Å²) in [6.07, 6.45) is 6.14. The molecule has 2 amide bonds. The van der Waals surface area contributed by atoms with Gasteiger partial charge in [-0.3, -0.25) is 9.59 Å². The van der Waals surface area contributed by atoms with Crippen molar-refractivity contribution in [1.82, 2.24) is 10.2 Å². The van der Waals surface area contributed by atoms with Crippen molar-refractivity contribution in [3.63, 3.8) is 0 Å². The smallest absolute Gasteiger partial charge is 0.243 e. The average Bonchev–Trinajstić information content (AvgIpc) is 2.80. The Kier molecular flexibility index (Phi) is 10.3. The molecule has 0 heterocycles. The Morgan fingerprint density at radius 2 is 1.76 bits per heavy atom. The molecule has 1 atom stereocenters. The SMILES string of the molecule is CCC(C(=O)NC1CCCCC1)N(Cc1ccccc1Cl)C(=O)CSCc1cc(C)cc(C)c1. The van der Waals surface area contributed by atoms with E-state index < -0.39 is 6.04 Å². The number of thioether (sulfide) groups is 1. The lowest BCUT2D eigenvalue weighted by Crippen LogP contribution is -2.52. The zero-order chi connectivity index (χ0) is 24.5. The normalized spacial score (nSPS) is 15.1. The fraction of sp³-hybridized carbons (Fsp3) is 0.500. The molecule has 1 unspecified atom stereocenters. The Labute approximate surface area is 213 Å². The number of carbonyl (C=O) groups excluding carboxylic acids is 2. The number of hydrogen-bond acceptors (Lipinski definition) is 3. The van der Waals surface area contributed by atoms with Crippen molar-refractivity contribution in [1.29, 1.82) is 0 Å². The number of aryl methyl sites for hydroxylation is 2. The van der Waals surface area contributed by atoms with Crippen LogP contribution in [-0.4, -0.2) is 34.6 Å². The molecule has 6 heteroatoms. The van der Waals surface area contributed by atoms with E-state index in [9.17, 15) is 9.59 Å². The second kappa shape index (κ2) is 13.2. The van der Waals surface area contributed by atoms with Crippen LogP contribution >= 0.6 is 23.4 Å². The Bertz CT molecular complexity index is 954. The van der Waals surface area contributed by atoms with Crippen molar-refractivity contribution >= 4 is 35.2 Å². The maximum absolute atomic E-state index is 13.5. The van der Waals surface area contributed by atoms with Crippen molar-refractivity contribution in [3.05, 3.63) is 69.7 Å². The number of rotatable bonds is 10. The Morgan fingerprint density at radius 1 is 1.09 bits per heavy atom. The zero-order valence-corrected chi connectivity index (χ0v) is 22.2. The largest absolute Gasteiger partial charge is 0.352 e. The van der Waals surface area contributed by atoms with Gasteiger partial charge in [-0.1, -0.05) is 85.3 Å². The molecule has 2 aromatic carbocycles. The molecule has 0 spiro atoms. The summed E-state index contributed by atoms with van der Waals surface area (Å²) in [6, 6.07) is 13.7. The van der Waals surface area contributed by atoms with E-state index in [-0.39, 0.29) is 17.9 Å². The summed E-state index contributed by atoms with van der Waals surface area (Å²) in [5.74, 6) is 1.01. The summed E-state index contributed by atoms with van der Waals surface area (Å²) in [7, 11) is 0. The fourth-order valence-corrected chi connectivity index (χ4v) is 5.81. The molecule has 3 rings (SSSR count). The molecule has 0 aromatic heterocycles. The van der Waals surface area contributed by atoms with Crippen molar-refractivity contribution in [2.24, 2.45) is 0 Å². The molecular weight excluding hydrogens is 464 g/mol. The van der Waals surface area contributed by atoms with E-state index in [0.717, 1.165) is 37.0 Å². The van der Waals surface area contributed by atoms with Crippen LogP contribution in [0.5, 0.6) is 0 Å². The summed E-state index contributed by atoms with van der Waals surface area (Å²) in [4.78, 5) is 28.5. The quantitative estimate of drug-likeness (QED) is 0.408. The third-order valence-corrected chi connectivity index (χ3v) is 7.77. The second-order valence-electron chi connectivity index (χ2n) is 9.37. The van der Waals surface area contributed by atoms with Crippen molar-refractivity contribution in [3.8, 4) is 0 Å². The number of carbonyl (C=O) groups is 2. The highest BCUT2D eigenvalue weighted by atomic mass is 35.5. The van der Waals surface area contributed by atoms with E-state index in [4.69, 9.17) is 11.6 Å². The molecule has 0 radical (unpaired) electrons. The zero-order valence-electron chi connectivity index (χ0n) is 20.6. The van der Waals surface area contributed by atoms with Gasteiger partial charge in [0.15, 0.2) is 0 Å². The van der Waals surface area contributed by atoms with Gasteiger partial charge in [-0.05, 0) is 50.3 Å². The van der Waals surface area contributed by atoms with Crippen molar-refractivity contribution < 1.29 is 9.59 Å². The summed E-state index contributed by atoms with van der Waals surface area (Å²) < 4.78 is 0. The molecule has 1 aliphatic carbocycles. The predicted molar refractivity (Wildman–Crippen MR) is 143 cm³/mol. The van der Waals surface area contributed by atoms with E-state index in [1.807, 2.05) is 31.2 Å². The molecule has 1 aliphatic rings. The van der Waals surface area contributed by atoms with Crippen LogP contribution in [0.25, 0.3) is 0 Å². The van der Waals surface area contributed by atoms with E-state index in [1.165, 1.54) is 23.1 Å². The molecule has 0 bridgehead atoms. The number of hydrogen-bond donors (Lipinski definition) is 1. The van der Waals surface area contributed by atoms with E-state index in [1.54, 1.807) is 16.7 Å². The predicted octanol–water partition coefficient (Wildman–Crippen LogP) is 6.45. The van der Waals surface area contributed by atoms with Gasteiger partial charge in [-0.25, -0.2) is 0 Å². The number of halogens is 1. The van der Waals surface area contributed by atoms with Gasteiger partial charge >= 0.3 is 0 Å². The third-order valence-electron chi connectivity index (χ3n) is 6.41. The lowest BCUT2D eigenvalue weighted by atomic mass is 9.95. The van der Waals surface area contributed by atoms with Crippen LogP contribution in [0.15, 0.2) is 42.5 Å². The van der Waals surface area contributed by atoms with Gasteiger partial charge in [0.05, 0.1) is 5.75 Å².